The van der Waals surface area contributed by atoms with Crippen molar-refractivity contribution in [3.8, 4) is 5.75 Å². The van der Waals surface area contributed by atoms with Crippen LogP contribution in [0.2, 0.25) is 0 Å². The number of ether oxygens (including phenoxy) is 2. The lowest BCUT2D eigenvalue weighted by Gasteiger charge is -2.33. The van der Waals surface area contributed by atoms with Crippen molar-refractivity contribution < 1.29 is 14.3 Å². The summed E-state index contributed by atoms with van der Waals surface area (Å²) >= 11 is 0. The molecule has 0 radical (unpaired) electrons. The maximum atomic E-state index is 13.0. The SMILES string of the molecule is C=C1C(=O)N(c2ccccc2)c2ccc(NC3CCN(CCOC)CC3)c(OC)c21. The summed E-state index contributed by atoms with van der Waals surface area (Å²) in [7, 11) is 3.39. The van der Waals surface area contributed by atoms with Crippen molar-refractivity contribution in [1.29, 1.82) is 0 Å². The van der Waals surface area contributed by atoms with E-state index >= 15 is 0 Å². The summed E-state index contributed by atoms with van der Waals surface area (Å²) in [5, 5.41) is 3.64. The van der Waals surface area contributed by atoms with Crippen LogP contribution in [0.4, 0.5) is 17.1 Å². The summed E-state index contributed by atoms with van der Waals surface area (Å²) in [5.41, 5.74) is 3.79. The number of para-hydroxylation sites is 1. The minimum atomic E-state index is -0.113. The summed E-state index contributed by atoms with van der Waals surface area (Å²) in [4.78, 5) is 17.1. The van der Waals surface area contributed by atoms with E-state index in [0.717, 1.165) is 61.7 Å². The number of fused-ring (bicyclic) bond motifs is 1. The van der Waals surface area contributed by atoms with E-state index in [0.29, 0.717) is 17.4 Å². The van der Waals surface area contributed by atoms with Crippen molar-refractivity contribution >= 4 is 28.5 Å². The van der Waals surface area contributed by atoms with Gasteiger partial charge in [-0.3, -0.25) is 9.69 Å². The monoisotopic (exact) mass is 407 g/mol. The molecule has 0 bridgehead atoms. The normalized spacial score (nSPS) is 17.3. The van der Waals surface area contributed by atoms with Crippen LogP contribution >= 0.6 is 0 Å². The molecule has 1 saturated heterocycles. The number of methoxy groups -OCH3 is 2. The van der Waals surface area contributed by atoms with Gasteiger partial charge in [0.15, 0.2) is 5.75 Å². The number of likely N-dealkylation sites (tertiary alicyclic amines) is 1. The Hall–Kier alpha value is -2.83. The van der Waals surface area contributed by atoms with Crippen molar-refractivity contribution in [1.82, 2.24) is 4.90 Å². The Morgan fingerprint density at radius 3 is 2.50 bits per heavy atom. The number of carbonyl (C=O) groups excluding carboxylic acids is 1. The molecule has 0 spiro atoms. The highest BCUT2D eigenvalue weighted by Gasteiger charge is 2.36. The van der Waals surface area contributed by atoms with Crippen molar-refractivity contribution in [2.24, 2.45) is 0 Å². The molecular formula is C24H29N3O3. The van der Waals surface area contributed by atoms with Crippen LogP contribution in [-0.4, -0.2) is 57.3 Å². The second kappa shape index (κ2) is 8.90. The molecule has 6 heteroatoms. The molecule has 2 aromatic rings. The first-order valence-corrected chi connectivity index (χ1v) is 10.4. The Labute approximate surface area is 178 Å². The zero-order valence-corrected chi connectivity index (χ0v) is 17.7. The number of hydrogen-bond donors (Lipinski definition) is 1. The molecule has 4 rings (SSSR count). The Bertz CT molecular complexity index is 921. The molecule has 2 aliphatic heterocycles. The average Bonchev–Trinajstić information content (AvgIpc) is 3.04. The van der Waals surface area contributed by atoms with Crippen LogP contribution < -0.4 is 15.0 Å². The fourth-order valence-corrected chi connectivity index (χ4v) is 4.30. The lowest BCUT2D eigenvalue weighted by molar-refractivity contribution is -0.112. The average molecular weight is 408 g/mol. The zero-order chi connectivity index (χ0) is 21.1. The van der Waals surface area contributed by atoms with Crippen molar-refractivity contribution in [3.63, 3.8) is 0 Å². The van der Waals surface area contributed by atoms with Crippen LogP contribution in [0.3, 0.4) is 0 Å². The second-order valence-corrected chi connectivity index (χ2v) is 7.75. The number of nitrogens with zero attached hydrogens (tertiary/aromatic N) is 2. The molecule has 158 valence electrons. The van der Waals surface area contributed by atoms with Gasteiger partial charge in [-0.05, 0) is 37.1 Å². The molecule has 2 heterocycles. The maximum absolute atomic E-state index is 13.0. The summed E-state index contributed by atoms with van der Waals surface area (Å²) in [6.45, 7) is 7.90. The van der Waals surface area contributed by atoms with Crippen LogP contribution in [0.5, 0.6) is 5.75 Å². The van der Waals surface area contributed by atoms with Crippen LogP contribution in [0.25, 0.3) is 5.57 Å². The van der Waals surface area contributed by atoms with Crippen molar-refractivity contribution in [2.75, 3.05) is 50.7 Å². The van der Waals surface area contributed by atoms with Gasteiger partial charge in [0.05, 0.1) is 30.7 Å². The van der Waals surface area contributed by atoms with E-state index in [2.05, 4.69) is 16.8 Å². The standard InChI is InChI=1S/C24H29N3O3/c1-17-22-21(27(24(17)28)19-7-5-4-6-8-19)10-9-20(23(22)30-3)25-18-11-13-26(14-12-18)15-16-29-2/h4-10,18,25H,1,11-16H2,2-3H3. The summed E-state index contributed by atoms with van der Waals surface area (Å²) in [6, 6.07) is 14.0. The summed E-state index contributed by atoms with van der Waals surface area (Å²) < 4.78 is 11.0. The Kier molecular flexibility index (Phi) is 6.06. The van der Waals surface area contributed by atoms with Gasteiger partial charge in [0, 0.05) is 44.0 Å². The first kappa shape index (κ1) is 20.4. The molecule has 1 fully saturated rings. The first-order valence-electron chi connectivity index (χ1n) is 10.4. The van der Waals surface area contributed by atoms with Gasteiger partial charge in [0.2, 0.25) is 0 Å². The van der Waals surface area contributed by atoms with Crippen LogP contribution in [-0.2, 0) is 9.53 Å². The van der Waals surface area contributed by atoms with Gasteiger partial charge in [-0.15, -0.1) is 0 Å². The predicted octanol–water partition coefficient (Wildman–Crippen LogP) is 3.91. The van der Waals surface area contributed by atoms with Gasteiger partial charge in [0.25, 0.3) is 5.91 Å². The third-order valence-electron chi connectivity index (χ3n) is 5.92. The number of rotatable bonds is 7. The molecule has 0 aromatic heterocycles. The fraction of sp³-hybridized carbons (Fsp3) is 0.375. The number of hydrogen-bond acceptors (Lipinski definition) is 5. The first-order chi connectivity index (χ1) is 14.6. The highest BCUT2D eigenvalue weighted by molar-refractivity contribution is 6.35. The van der Waals surface area contributed by atoms with Gasteiger partial charge in [-0.25, -0.2) is 0 Å². The largest absolute Gasteiger partial charge is 0.494 e. The van der Waals surface area contributed by atoms with E-state index in [4.69, 9.17) is 9.47 Å². The molecule has 1 amide bonds. The third kappa shape index (κ3) is 3.80. The topological polar surface area (TPSA) is 54.0 Å². The smallest absolute Gasteiger partial charge is 0.263 e. The van der Waals surface area contributed by atoms with Gasteiger partial charge in [-0.2, -0.15) is 0 Å². The molecule has 2 aliphatic rings. The number of nitrogens with one attached hydrogen (secondary N) is 1. The summed E-state index contributed by atoms with van der Waals surface area (Å²) in [6.07, 6.45) is 2.11. The molecule has 0 aliphatic carbocycles. The van der Waals surface area contributed by atoms with E-state index in [-0.39, 0.29) is 5.91 Å². The second-order valence-electron chi connectivity index (χ2n) is 7.75. The molecule has 2 aromatic carbocycles. The number of amides is 1. The van der Waals surface area contributed by atoms with Crippen LogP contribution in [0.15, 0.2) is 49.0 Å². The fourth-order valence-electron chi connectivity index (χ4n) is 4.30. The Morgan fingerprint density at radius 2 is 1.83 bits per heavy atom. The van der Waals surface area contributed by atoms with Crippen LogP contribution in [0, 0.1) is 0 Å². The predicted molar refractivity (Wildman–Crippen MR) is 121 cm³/mol. The number of benzene rings is 2. The van der Waals surface area contributed by atoms with Crippen LogP contribution in [0.1, 0.15) is 18.4 Å². The molecule has 30 heavy (non-hydrogen) atoms. The van der Waals surface area contributed by atoms with Gasteiger partial charge >= 0.3 is 0 Å². The molecule has 0 atom stereocenters. The van der Waals surface area contributed by atoms with E-state index in [1.54, 1.807) is 19.1 Å². The summed E-state index contributed by atoms with van der Waals surface area (Å²) in [5.74, 6) is 0.573. The number of carbonyl (C=O) groups is 1. The Balaban J connectivity index is 1.56. The number of piperidine rings is 1. The lowest BCUT2D eigenvalue weighted by atomic mass is 10.0. The number of anilines is 3. The Morgan fingerprint density at radius 1 is 1.10 bits per heavy atom. The van der Waals surface area contributed by atoms with Crippen molar-refractivity contribution in [2.45, 2.75) is 18.9 Å². The van der Waals surface area contributed by atoms with E-state index < -0.39 is 0 Å². The van der Waals surface area contributed by atoms with E-state index in [1.807, 2.05) is 42.5 Å². The van der Waals surface area contributed by atoms with Gasteiger partial charge < -0.3 is 19.7 Å². The minimum Gasteiger partial charge on any atom is -0.494 e. The molecule has 0 saturated carbocycles. The maximum Gasteiger partial charge on any atom is 0.263 e. The van der Waals surface area contributed by atoms with Gasteiger partial charge in [0.1, 0.15) is 0 Å². The highest BCUT2D eigenvalue weighted by Crippen LogP contribution is 2.48. The minimum absolute atomic E-state index is 0.113. The highest BCUT2D eigenvalue weighted by atomic mass is 16.5. The van der Waals surface area contributed by atoms with Gasteiger partial charge in [-0.1, -0.05) is 24.8 Å². The lowest BCUT2D eigenvalue weighted by Crippen LogP contribution is -2.40. The van der Waals surface area contributed by atoms with E-state index in [1.165, 1.54) is 0 Å². The van der Waals surface area contributed by atoms with Crippen molar-refractivity contribution in [3.05, 3.63) is 54.6 Å². The quantitative estimate of drug-likeness (QED) is 0.706. The van der Waals surface area contributed by atoms with E-state index in [9.17, 15) is 4.79 Å². The molecule has 6 nitrogen and oxygen atoms in total. The third-order valence-corrected chi connectivity index (χ3v) is 5.92. The molecular weight excluding hydrogens is 378 g/mol. The molecule has 0 unspecified atom stereocenters. The zero-order valence-electron chi connectivity index (χ0n) is 17.7. The molecule has 1 N–H and O–H groups in total.